The van der Waals surface area contributed by atoms with E-state index in [9.17, 15) is 4.79 Å². The average molecular weight is 215 g/mol. The highest BCUT2D eigenvalue weighted by Gasteiger charge is 2.29. The Morgan fingerprint density at radius 2 is 2.12 bits per heavy atom. The maximum Gasteiger partial charge on any atom is 0.336 e. The summed E-state index contributed by atoms with van der Waals surface area (Å²) in [6, 6.07) is 5.26. The quantitative estimate of drug-likeness (QED) is 0.650. The third-order valence-electron chi connectivity index (χ3n) is 3.11. The molecule has 16 heavy (non-hydrogen) atoms. The molecule has 0 unspecified atom stereocenters. The maximum atomic E-state index is 11.2. The smallest absolute Gasteiger partial charge is 0.336 e. The van der Waals surface area contributed by atoms with Crippen molar-refractivity contribution in [3.8, 4) is 0 Å². The van der Waals surface area contributed by atoms with Crippen molar-refractivity contribution in [2.24, 2.45) is 0 Å². The maximum absolute atomic E-state index is 11.2. The molecule has 5 nitrogen and oxygen atoms in total. The van der Waals surface area contributed by atoms with E-state index in [4.69, 9.17) is 4.42 Å². The van der Waals surface area contributed by atoms with E-state index >= 15 is 0 Å². The zero-order valence-corrected chi connectivity index (χ0v) is 8.41. The predicted octanol–water partition coefficient (Wildman–Crippen LogP) is 1.37. The monoisotopic (exact) mass is 215 g/mol. The Morgan fingerprint density at radius 1 is 1.25 bits per heavy atom. The van der Waals surface area contributed by atoms with Gasteiger partial charge in [0, 0.05) is 11.5 Å². The molecular weight excluding hydrogens is 206 g/mol. The summed E-state index contributed by atoms with van der Waals surface area (Å²) in [4.78, 5) is 13.4. The van der Waals surface area contributed by atoms with Crippen molar-refractivity contribution in [1.82, 2.24) is 0 Å². The Kier molecular flexibility index (Phi) is 1.25. The summed E-state index contributed by atoms with van der Waals surface area (Å²) in [6.45, 7) is 1.56. The molecule has 2 N–H and O–H groups in total. The van der Waals surface area contributed by atoms with Crippen LogP contribution in [0.4, 0.5) is 17.1 Å². The van der Waals surface area contributed by atoms with Gasteiger partial charge in [0.05, 0.1) is 24.7 Å². The highest BCUT2D eigenvalue weighted by molar-refractivity contribution is 6.05. The zero-order chi connectivity index (χ0) is 10.7. The third kappa shape index (κ3) is 0.832. The summed E-state index contributed by atoms with van der Waals surface area (Å²) < 4.78 is 5.26. The molecule has 0 saturated carbocycles. The summed E-state index contributed by atoms with van der Waals surface area (Å²) in [5.74, 6) is 0. The van der Waals surface area contributed by atoms with Crippen molar-refractivity contribution in [2.45, 2.75) is 0 Å². The molecule has 2 aliphatic heterocycles. The van der Waals surface area contributed by atoms with Gasteiger partial charge in [-0.3, -0.25) is 0 Å². The Bertz CT molecular complexity index is 662. The lowest BCUT2D eigenvalue weighted by Gasteiger charge is -2.07. The highest BCUT2D eigenvalue weighted by Crippen LogP contribution is 2.46. The van der Waals surface area contributed by atoms with Crippen molar-refractivity contribution < 1.29 is 4.42 Å². The van der Waals surface area contributed by atoms with Gasteiger partial charge in [-0.2, -0.15) is 0 Å². The molecule has 2 aliphatic rings. The lowest BCUT2D eigenvalue weighted by atomic mass is 10.1. The molecule has 0 aliphatic carbocycles. The zero-order valence-electron chi connectivity index (χ0n) is 8.41. The lowest BCUT2D eigenvalue weighted by molar-refractivity contribution is 0.562. The fraction of sp³-hybridized carbons (Fsp3) is 0.182. The van der Waals surface area contributed by atoms with Crippen LogP contribution in [-0.2, 0) is 0 Å². The fourth-order valence-corrected chi connectivity index (χ4v) is 2.40. The van der Waals surface area contributed by atoms with Crippen molar-refractivity contribution in [1.29, 1.82) is 0 Å². The van der Waals surface area contributed by atoms with E-state index in [1.807, 2.05) is 6.07 Å². The van der Waals surface area contributed by atoms with Gasteiger partial charge in [-0.05, 0) is 12.1 Å². The first kappa shape index (κ1) is 8.04. The van der Waals surface area contributed by atoms with E-state index in [1.165, 1.54) is 6.07 Å². The van der Waals surface area contributed by atoms with Crippen LogP contribution in [0.5, 0.6) is 0 Å². The Hall–Kier alpha value is -2.17. The van der Waals surface area contributed by atoms with Crippen molar-refractivity contribution in [2.75, 3.05) is 28.9 Å². The molecule has 0 fully saturated rings. The van der Waals surface area contributed by atoms with Crippen LogP contribution in [-0.4, -0.2) is 13.3 Å². The van der Waals surface area contributed by atoms with Gasteiger partial charge in [0.15, 0.2) is 5.58 Å². The van der Waals surface area contributed by atoms with Crippen molar-refractivity contribution >= 4 is 28.0 Å². The minimum absolute atomic E-state index is 0.310. The molecule has 0 atom stereocenters. The lowest BCUT2D eigenvalue weighted by Crippen LogP contribution is -2.23. The fourth-order valence-electron chi connectivity index (χ4n) is 2.40. The van der Waals surface area contributed by atoms with E-state index in [1.54, 1.807) is 6.07 Å². The summed E-state index contributed by atoms with van der Waals surface area (Å²) in [7, 11) is 0. The second kappa shape index (κ2) is 2.49. The minimum Gasteiger partial charge on any atom is -0.420 e. The minimum atomic E-state index is -0.310. The second-order valence-electron chi connectivity index (χ2n) is 4.03. The molecule has 3 heterocycles. The van der Waals surface area contributed by atoms with Crippen LogP contribution in [0, 0.1) is 0 Å². The summed E-state index contributed by atoms with van der Waals surface area (Å²) in [6.07, 6.45) is 0. The van der Waals surface area contributed by atoms with E-state index < -0.39 is 0 Å². The Labute approximate surface area is 90.7 Å². The van der Waals surface area contributed by atoms with Crippen LogP contribution in [0.3, 0.4) is 0 Å². The number of nitrogens with zero attached hydrogens (tertiary/aromatic N) is 1. The van der Waals surface area contributed by atoms with E-state index in [-0.39, 0.29) is 5.63 Å². The summed E-state index contributed by atoms with van der Waals surface area (Å²) >= 11 is 0. The van der Waals surface area contributed by atoms with Crippen LogP contribution < -0.4 is 21.2 Å². The number of fused-ring (bicyclic) bond motifs is 2. The van der Waals surface area contributed by atoms with Gasteiger partial charge in [-0.15, -0.1) is 0 Å². The van der Waals surface area contributed by atoms with Crippen LogP contribution in [0.25, 0.3) is 11.0 Å². The number of anilines is 3. The van der Waals surface area contributed by atoms with Gasteiger partial charge >= 0.3 is 5.63 Å². The van der Waals surface area contributed by atoms with Crippen molar-refractivity contribution in [3.05, 3.63) is 28.6 Å². The molecular formula is C11H9N3O2. The van der Waals surface area contributed by atoms with Crippen LogP contribution in [0.1, 0.15) is 0 Å². The number of hydrogen-bond donors (Lipinski definition) is 2. The SMILES string of the molecule is O=c1ccc2cc3c4c(c2o1)NCN4CN3. The van der Waals surface area contributed by atoms with Crippen LogP contribution in [0.15, 0.2) is 27.4 Å². The molecule has 2 aromatic rings. The van der Waals surface area contributed by atoms with Crippen LogP contribution in [0.2, 0.25) is 0 Å². The summed E-state index contributed by atoms with van der Waals surface area (Å²) in [5, 5.41) is 7.52. The van der Waals surface area contributed by atoms with Crippen LogP contribution >= 0.6 is 0 Å². The standard InChI is InChI=1S/C11H9N3O2/c15-8-2-1-6-3-7-10-9(11(6)16-8)13-5-14(10)4-12-7/h1-3,12-13H,4-5H2. The molecule has 0 radical (unpaired) electrons. The first-order valence-corrected chi connectivity index (χ1v) is 5.16. The van der Waals surface area contributed by atoms with E-state index in [0.29, 0.717) is 5.58 Å². The Morgan fingerprint density at radius 3 is 3.06 bits per heavy atom. The largest absolute Gasteiger partial charge is 0.420 e. The molecule has 0 amide bonds. The predicted molar refractivity (Wildman–Crippen MR) is 61.9 cm³/mol. The second-order valence-corrected chi connectivity index (χ2v) is 4.03. The van der Waals surface area contributed by atoms with E-state index in [0.717, 1.165) is 35.8 Å². The molecule has 1 aromatic heterocycles. The molecule has 0 spiro atoms. The van der Waals surface area contributed by atoms with Gasteiger partial charge in [-0.1, -0.05) is 0 Å². The molecule has 5 heteroatoms. The number of hydrogen-bond acceptors (Lipinski definition) is 5. The van der Waals surface area contributed by atoms with Gasteiger partial charge in [0.1, 0.15) is 5.69 Å². The third-order valence-corrected chi connectivity index (χ3v) is 3.11. The number of benzene rings is 1. The van der Waals surface area contributed by atoms with Gasteiger partial charge < -0.3 is 20.0 Å². The van der Waals surface area contributed by atoms with Gasteiger partial charge in [0.2, 0.25) is 0 Å². The first-order valence-electron chi connectivity index (χ1n) is 5.16. The van der Waals surface area contributed by atoms with Crippen molar-refractivity contribution in [3.63, 3.8) is 0 Å². The van der Waals surface area contributed by atoms with Gasteiger partial charge in [-0.25, -0.2) is 4.79 Å². The Balaban J connectivity index is 2.20. The number of rotatable bonds is 0. The molecule has 0 bridgehead atoms. The topological polar surface area (TPSA) is 57.5 Å². The molecule has 0 saturated heterocycles. The molecule has 80 valence electrons. The normalized spacial score (nSPS) is 16.1. The molecule has 1 aromatic carbocycles. The highest BCUT2D eigenvalue weighted by atomic mass is 16.4. The first-order chi connectivity index (χ1) is 7.83. The summed E-state index contributed by atoms with van der Waals surface area (Å²) in [5.41, 5.74) is 3.48. The van der Waals surface area contributed by atoms with Gasteiger partial charge in [0.25, 0.3) is 0 Å². The number of nitrogens with one attached hydrogen (secondary N) is 2. The van der Waals surface area contributed by atoms with E-state index in [2.05, 4.69) is 15.5 Å². The average Bonchev–Trinajstić information content (AvgIpc) is 2.86. The molecule has 4 rings (SSSR count).